The smallest absolute Gasteiger partial charge is 0.261 e. The van der Waals surface area contributed by atoms with E-state index in [-0.39, 0.29) is 5.91 Å². The summed E-state index contributed by atoms with van der Waals surface area (Å²) in [5, 5.41) is 12.1. The van der Waals surface area contributed by atoms with Crippen LogP contribution in [-0.4, -0.2) is 29.8 Å². The minimum absolute atomic E-state index is 0.276. The van der Waals surface area contributed by atoms with Crippen molar-refractivity contribution in [1.29, 1.82) is 0 Å². The van der Waals surface area contributed by atoms with E-state index in [0.29, 0.717) is 23.1 Å². The first-order valence-corrected chi connectivity index (χ1v) is 8.54. The highest BCUT2D eigenvalue weighted by atomic mass is 32.1. The van der Waals surface area contributed by atoms with Crippen LogP contribution in [0, 0.1) is 0 Å². The molecule has 0 bridgehead atoms. The van der Waals surface area contributed by atoms with Crippen molar-refractivity contribution in [2.45, 2.75) is 6.92 Å². The van der Waals surface area contributed by atoms with Gasteiger partial charge in [0.05, 0.1) is 19.3 Å². The Morgan fingerprint density at radius 2 is 1.88 bits per heavy atom. The van der Waals surface area contributed by atoms with Gasteiger partial charge in [0.2, 0.25) is 5.13 Å². The molecule has 3 rings (SSSR count). The van der Waals surface area contributed by atoms with Gasteiger partial charge in [-0.05, 0) is 43.3 Å². The van der Waals surface area contributed by atoms with Crippen molar-refractivity contribution >= 4 is 22.4 Å². The lowest BCUT2D eigenvalue weighted by Crippen LogP contribution is -2.13. The molecule has 0 unspecified atom stereocenters. The molecule has 0 aliphatic rings. The quantitative estimate of drug-likeness (QED) is 0.727. The van der Waals surface area contributed by atoms with Gasteiger partial charge >= 0.3 is 0 Å². The Bertz CT molecular complexity index is 862. The monoisotopic (exact) mass is 355 g/mol. The molecule has 0 saturated heterocycles. The first-order chi connectivity index (χ1) is 12.2. The van der Waals surface area contributed by atoms with Crippen LogP contribution in [0.15, 0.2) is 48.5 Å². The van der Waals surface area contributed by atoms with Gasteiger partial charge in [0.25, 0.3) is 5.91 Å². The molecule has 7 heteroatoms. The Morgan fingerprint density at radius 1 is 1.12 bits per heavy atom. The number of carbonyl (C=O) groups is 1. The lowest BCUT2D eigenvalue weighted by atomic mass is 10.2. The molecule has 2 aromatic carbocycles. The zero-order valence-electron chi connectivity index (χ0n) is 13.9. The molecule has 1 N–H and O–H groups in total. The normalized spacial score (nSPS) is 10.3. The Morgan fingerprint density at radius 3 is 2.60 bits per heavy atom. The van der Waals surface area contributed by atoms with Crippen LogP contribution in [-0.2, 0) is 0 Å². The highest BCUT2D eigenvalue weighted by Gasteiger charge is 2.15. The van der Waals surface area contributed by atoms with Crippen LogP contribution in [0.25, 0.3) is 10.6 Å². The van der Waals surface area contributed by atoms with Crippen LogP contribution in [0.4, 0.5) is 5.13 Å². The minimum atomic E-state index is -0.276. The third-order valence-electron chi connectivity index (χ3n) is 3.41. The fourth-order valence-corrected chi connectivity index (χ4v) is 2.97. The molecule has 128 valence electrons. The summed E-state index contributed by atoms with van der Waals surface area (Å²) < 4.78 is 10.6. The van der Waals surface area contributed by atoms with Gasteiger partial charge in [0, 0.05) is 5.56 Å². The molecular weight excluding hydrogens is 338 g/mol. The number of para-hydroxylation sites is 1. The molecular formula is C18H17N3O3S. The maximum Gasteiger partial charge on any atom is 0.261 e. The molecule has 1 heterocycles. The first kappa shape index (κ1) is 16.9. The molecule has 3 aromatic rings. The second-order valence-corrected chi connectivity index (χ2v) is 6.00. The molecule has 0 aliphatic heterocycles. The first-order valence-electron chi connectivity index (χ1n) is 7.72. The van der Waals surface area contributed by atoms with E-state index in [9.17, 15) is 4.79 Å². The summed E-state index contributed by atoms with van der Waals surface area (Å²) in [7, 11) is 1.62. The SMILES string of the molecule is CCOc1ccccc1C(=O)Nc1nnc(-c2ccc(OC)cc2)s1. The lowest BCUT2D eigenvalue weighted by Gasteiger charge is -2.08. The van der Waals surface area contributed by atoms with E-state index in [1.165, 1.54) is 11.3 Å². The van der Waals surface area contributed by atoms with E-state index in [4.69, 9.17) is 9.47 Å². The van der Waals surface area contributed by atoms with Crippen LogP contribution < -0.4 is 14.8 Å². The number of methoxy groups -OCH3 is 1. The average Bonchev–Trinajstić information content (AvgIpc) is 3.11. The van der Waals surface area contributed by atoms with Gasteiger partial charge in [0.1, 0.15) is 16.5 Å². The topological polar surface area (TPSA) is 73.3 Å². The van der Waals surface area contributed by atoms with Gasteiger partial charge in [0.15, 0.2) is 0 Å². The Labute approximate surface area is 149 Å². The zero-order chi connectivity index (χ0) is 17.6. The van der Waals surface area contributed by atoms with E-state index in [1.807, 2.05) is 37.3 Å². The van der Waals surface area contributed by atoms with E-state index >= 15 is 0 Å². The third-order valence-corrected chi connectivity index (χ3v) is 4.30. The molecule has 0 radical (unpaired) electrons. The third kappa shape index (κ3) is 3.95. The summed E-state index contributed by atoms with van der Waals surface area (Å²) in [4.78, 5) is 12.5. The summed E-state index contributed by atoms with van der Waals surface area (Å²) >= 11 is 1.31. The van der Waals surface area contributed by atoms with Crippen LogP contribution >= 0.6 is 11.3 Å². The number of amides is 1. The van der Waals surface area contributed by atoms with Crippen molar-refractivity contribution in [2.75, 3.05) is 19.0 Å². The molecule has 25 heavy (non-hydrogen) atoms. The lowest BCUT2D eigenvalue weighted by molar-refractivity contribution is 0.102. The van der Waals surface area contributed by atoms with Crippen molar-refractivity contribution < 1.29 is 14.3 Å². The second-order valence-electron chi connectivity index (χ2n) is 5.02. The Kier molecular flexibility index (Phi) is 5.25. The highest BCUT2D eigenvalue weighted by molar-refractivity contribution is 7.18. The van der Waals surface area contributed by atoms with Gasteiger partial charge in [-0.15, -0.1) is 10.2 Å². The van der Waals surface area contributed by atoms with Gasteiger partial charge in [-0.3, -0.25) is 10.1 Å². The second kappa shape index (κ2) is 7.76. The number of benzene rings is 2. The van der Waals surface area contributed by atoms with Gasteiger partial charge in [-0.25, -0.2) is 0 Å². The molecule has 0 atom stereocenters. The van der Waals surface area contributed by atoms with Crippen LogP contribution in [0.2, 0.25) is 0 Å². The van der Waals surface area contributed by atoms with Crippen molar-refractivity contribution in [2.24, 2.45) is 0 Å². The maximum atomic E-state index is 12.5. The fraction of sp³-hybridized carbons (Fsp3) is 0.167. The molecule has 6 nitrogen and oxygen atoms in total. The van der Waals surface area contributed by atoms with Crippen LogP contribution in [0.5, 0.6) is 11.5 Å². The summed E-state index contributed by atoms with van der Waals surface area (Å²) in [6, 6.07) is 14.6. The molecule has 0 spiro atoms. The number of ether oxygens (including phenoxy) is 2. The molecule has 1 aromatic heterocycles. The van der Waals surface area contributed by atoms with Crippen LogP contribution in [0.1, 0.15) is 17.3 Å². The Balaban J connectivity index is 1.76. The van der Waals surface area contributed by atoms with E-state index in [1.54, 1.807) is 25.3 Å². The number of hydrogen-bond acceptors (Lipinski definition) is 6. The molecule has 0 fully saturated rings. The Hall–Kier alpha value is -2.93. The molecule has 0 aliphatic carbocycles. The molecule has 1 amide bonds. The summed E-state index contributed by atoms with van der Waals surface area (Å²) in [6.07, 6.45) is 0. The van der Waals surface area contributed by atoms with Crippen molar-refractivity contribution in [3.8, 4) is 22.1 Å². The van der Waals surface area contributed by atoms with Gasteiger partial charge in [-0.2, -0.15) is 0 Å². The maximum absolute atomic E-state index is 12.5. The summed E-state index contributed by atoms with van der Waals surface area (Å²) in [5.41, 5.74) is 1.37. The van der Waals surface area contributed by atoms with E-state index < -0.39 is 0 Å². The van der Waals surface area contributed by atoms with Crippen molar-refractivity contribution in [1.82, 2.24) is 10.2 Å². The number of rotatable bonds is 6. The van der Waals surface area contributed by atoms with Crippen molar-refractivity contribution in [3.05, 3.63) is 54.1 Å². The van der Waals surface area contributed by atoms with Gasteiger partial charge in [-0.1, -0.05) is 23.5 Å². The van der Waals surface area contributed by atoms with Crippen molar-refractivity contribution in [3.63, 3.8) is 0 Å². The van der Waals surface area contributed by atoms with Crippen LogP contribution in [0.3, 0.4) is 0 Å². The predicted molar refractivity (Wildman–Crippen MR) is 97.5 cm³/mol. The number of anilines is 1. The number of hydrogen-bond donors (Lipinski definition) is 1. The number of carbonyl (C=O) groups excluding carboxylic acids is 1. The number of nitrogens with one attached hydrogen (secondary N) is 1. The van der Waals surface area contributed by atoms with E-state index in [0.717, 1.165) is 16.3 Å². The number of nitrogens with zero attached hydrogens (tertiary/aromatic N) is 2. The zero-order valence-corrected chi connectivity index (χ0v) is 14.7. The predicted octanol–water partition coefficient (Wildman–Crippen LogP) is 3.86. The largest absolute Gasteiger partial charge is 0.497 e. The fourth-order valence-electron chi connectivity index (χ4n) is 2.22. The number of aromatic nitrogens is 2. The molecule has 0 saturated carbocycles. The summed E-state index contributed by atoms with van der Waals surface area (Å²) in [5.74, 6) is 1.04. The standard InChI is InChI=1S/C18H17N3O3S/c1-3-24-15-7-5-4-6-14(15)16(22)19-18-21-20-17(25-18)12-8-10-13(23-2)11-9-12/h4-11H,3H2,1-2H3,(H,19,21,22). The van der Waals surface area contributed by atoms with Gasteiger partial charge < -0.3 is 9.47 Å². The summed E-state index contributed by atoms with van der Waals surface area (Å²) in [6.45, 7) is 2.37. The minimum Gasteiger partial charge on any atom is -0.497 e. The average molecular weight is 355 g/mol. The highest BCUT2D eigenvalue weighted by Crippen LogP contribution is 2.28. The van der Waals surface area contributed by atoms with E-state index in [2.05, 4.69) is 15.5 Å².